The molecule has 4 N–H and O–H groups in total. The maximum absolute atomic E-state index is 14.5. The van der Waals surface area contributed by atoms with E-state index in [-0.39, 0.29) is 11.7 Å². The number of ketones is 1. The molecule has 3 aromatic heterocycles. The minimum Gasteiger partial charge on any atom is -0.373 e. The monoisotopic (exact) mass is 1340 g/mol. The lowest BCUT2D eigenvalue weighted by molar-refractivity contribution is -0.113. The SMILES string of the molecule is CCCCCCCCCCCCc1ccc(C(=O)c2ccc(C(O)(c3ccc(CCCCCCCCCCCC)cc3)c3ccc(/C(c4ccc(CCCCCCCCCCCC)cc4)=c4/ccc(=C(C5=NC(=O)C=C5)c5ccc(CCCCCCCCCCCC)cc5)[nH]4)[nH]3)[nH]2)cc1. The summed E-state index contributed by atoms with van der Waals surface area (Å²) in [6, 6.07) is 46.6. The van der Waals surface area contributed by atoms with Gasteiger partial charge in [-0.15, -0.1) is 0 Å². The lowest BCUT2D eigenvalue weighted by Crippen LogP contribution is -2.30. The number of hydrogen-bond acceptors (Lipinski definition) is 3. The third-order valence-electron chi connectivity index (χ3n) is 21.1. The van der Waals surface area contributed by atoms with Gasteiger partial charge in [0.15, 0.2) is 5.60 Å². The predicted octanol–water partition coefficient (Wildman–Crippen LogP) is 24.0. The van der Waals surface area contributed by atoms with Crippen LogP contribution in [-0.4, -0.2) is 37.5 Å². The van der Waals surface area contributed by atoms with Crippen LogP contribution in [0.15, 0.2) is 151 Å². The Morgan fingerprint density at radius 2 is 0.626 bits per heavy atom. The second-order valence-electron chi connectivity index (χ2n) is 29.3. The standard InChI is InChI=1S/C92H128N4O3/c1-5-9-13-17-21-25-29-33-37-41-45-73-49-57-77(58-50-73)89(81-65-66-82(93-81)90(84-69-72-88(97)96-84)78-59-51-74(52-60-78)46-42-38-34-30-26-22-18-14-10-6-2)83-67-70-86(94-83)92(99,80-63-55-76(56-64-80)48-44-40-36-32-28-24-20-16-12-8-4)87-71-68-85(95-87)91(98)79-61-53-75(54-62-79)47-43-39-35-31-27-23-19-15-11-7-3/h49-72,93-95,99H,5-48H2,1-4H3/b89-81-,90-82?. The summed E-state index contributed by atoms with van der Waals surface area (Å²) in [5.41, 5.74) is 11.6. The Hall–Kier alpha value is -6.83. The number of aryl methyl sites for hydroxylation is 4. The molecule has 0 radical (unpaired) electrons. The smallest absolute Gasteiger partial charge is 0.270 e. The van der Waals surface area contributed by atoms with Crippen LogP contribution in [-0.2, 0) is 36.1 Å². The molecule has 7 aromatic rings. The first kappa shape index (κ1) is 77.9. The number of carbonyl (C=O) groups excluding carboxylic acids is 2. The molecular weight excluding hydrogens is 1210 g/mol. The van der Waals surface area contributed by atoms with Crippen molar-refractivity contribution < 1.29 is 14.7 Å². The third kappa shape index (κ3) is 25.9. The molecule has 1 atom stereocenters. The van der Waals surface area contributed by atoms with E-state index in [0.29, 0.717) is 33.9 Å². The summed E-state index contributed by atoms with van der Waals surface area (Å²) in [5, 5.41) is 15.5. The van der Waals surface area contributed by atoms with E-state index < -0.39 is 5.60 Å². The molecule has 8 rings (SSSR count). The second-order valence-corrected chi connectivity index (χ2v) is 29.3. The maximum Gasteiger partial charge on any atom is 0.270 e. The van der Waals surface area contributed by atoms with Crippen molar-refractivity contribution >= 4 is 28.5 Å². The molecule has 0 aliphatic carbocycles. The average molecular weight is 1340 g/mol. The molecule has 4 heterocycles. The lowest BCUT2D eigenvalue weighted by Gasteiger charge is -2.27. The van der Waals surface area contributed by atoms with Crippen molar-refractivity contribution in [3.63, 3.8) is 0 Å². The first-order valence-corrected chi connectivity index (χ1v) is 40.5. The number of carbonyl (C=O) groups is 2. The van der Waals surface area contributed by atoms with E-state index >= 15 is 0 Å². The Morgan fingerprint density at radius 3 is 0.980 bits per heavy atom. The summed E-state index contributed by atoms with van der Waals surface area (Å²) >= 11 is 0. The fourth-order valence-corrected chi connectivity index (χ4v) is 14.8. The number of aliphatic hydroxyl groups is 1. The quantitative estimate of drug-likeness (QED) is 0.0225. The number of H-pyrrole nitrogens is 3. The molecule has 534 valence electrons. The Labute approximate surface area is 599 Å². The highest BCUT2D eigenvalue weighted by Crippen LogP contribution is 2.38. The molecule has 1 amide bonds. The molecule has 4 aromatic carbocycles. The van der Waals surface area contributed by atoms with Gasteiger partial charge in [0.1, 0.15) is 0 Å². The molecule has 99 heavy (non-hydrogen) atoms. The largest absolute Gasteiger partial charge is 0.373 e. The van der Waals surface area contributed by atoms with Crippen molar-refractivity contribution in [1.82, 2.24) is 15.0 Å². The summed E-state index contributed by atoms with van der Waals surface area (Å²) in [4.78, 5) is 43.1. The summed E-state index contributed by atoms with van der Waals surface area (Å²) in [5.74, 6) is -0.364. The zero-order chi connectivity index (χ0) is 69.4. The number of nitrogens with one attached hydrogen (secondary N) is 3. The van der Waals surface area contributed by atoms with Gasteiger partial charge in [0.05, 0.1) is 22.8 Å². The number of nitrogens with zero attached hydrogens (tertiary/aromatic N) is 1. The molecule has 0 fully saturated rings. The summed E-state index contributed by atoms with van der Waals surface area (Å²) in [6.45, 7) is 9.13. The summed E-state index contributed by atoms with van der Waals surface area (Å²) in [6.07, 6.45) is 59.8. The van der Waals surface area contributed by atoms with Crippen molar-refractivity contribution in [3.8, 4) is 0 Å². The van der Waals surface area contributed by atoms with E-state index in [1.165, 1.54) is 266 Å². The summed E-state index contributed by atoms with van der Waals surface area (Å²) in [7, 11) is 0. The zero-order valence-electron chi connectivity index (χ0n) is 62.2. The van der Waals surface area contributed by atoms with Crippen molar-refractivity contribution in [2.75, 3.05) is 0 Å². The van der Waals surface area contributed by atoms with E-state index in [0.717, 1.165) is 77.2 Å². The van der Waals surface area contributed by atoms with Crippen LogP contribution in [0.4, 0.5) is 0 Å². The van der Waals surface area contributed by atoms with Crippen molar-refractivity contribution in [3.05, 3.63) is 224 Å². The van der Waals surface area contributed by atoms with Gasteiger partial charge in [0.2, 0.25) is 5.78 Å². The highest BCUT2D eigenvalue weighted by Gasteiger charge is 2.38. The van der Waals surface area contributed by atoms with Crippen LogP contribution in [0.3, 0.4) is 0 Å². The van der Waals surface area contributed by atoms with Crippen molar-refractivity contribution in [1.29, 1.82) is 0 Å². The fraction of sp³-hybridized carbons (Fsp3) is 0.533. The van der Waals surface area contributed by atoms with Gasteiger partial charge in [-0.05, 0) is 133 Å². The number of aromatic amines is 3. The van der Waals surface area contributed by atoms with Crippen molar-refractivity contribution in [2.45, 2.75) is 316 Å². The Balaban J connectivity index is 1.08. The number of amides is 1. The third-order valence-corrected chi connectivity index (χ3v) is 21.1. The molecule has 0 spiro atoms. The van der Waals surface area contributed by atoms with Gasteiger partial charge in [-0.1, -0.05) is 356 Å². The van der Waals surface area contributed by atoms with Crippen molar-refractivity contribution in [2.24, 2.45) is 4.99 Å². The van der Waals surface area contributed by atoms with Gasteiger partial charge in [0, 0.05) is 39.2 Å². The molecular formula is C92H128N4O3. The molecule has 0 saturated carbocycles. The molecule has 0 saturated heterocycles. The fourth-order valence-electron chi connectivity index (χ4n) is 14.8. The van der Waals surface area contributed by atoms with E-state index in [9.17, 15) is 14.7 Å². The number of hydrogen-bond donors (Lipinski definition) is 4. The minimum atomic E-state index is -1.70. The number of rotatable bonds is 53. The van der Waals surface area contributed by atoms with Gasteiger partial charge in [-0.25, -0.2) is 4.99 Å². The Bertz CT molecular complexity index is 3570. The van der Waals surface area contributed by atoms with Crippen LogP contribution in [0.25, 0.3) is 11.1 Å². The first-order chi connectivity index (χ1) is 48.7. The number of benzene rings is 4. The summed E-state index contributed by atoms with van der Waals surface area (Å²) < 4.78 is 0. The van der Waals surface area contributed by atoms with Gasteiger partial charge < -0.3 is 20.1 Å². The van der Waals surface area contributed by atoms with Crippen LogP contribution >= 0.6 is 0 Å². The Morgan fingerprint density at radius 1 is 0.323 bits per heavy atom. The topological polar surface area (TPSA) is 114 Å². The molecule has 1 aliphatic heterocycles. The molecule has 1 aliphatic rings. The van der Waals surface area contributed by atoms with Gasteiger partial charge in [-0.3, -0.25) is 9.59 Å². The highest BCUT2D eigenvalue weighted by molar-refractivity contribution is 6.34. The molecule has 0 bridgehead atoms. The van der Waals surface area contributed by atoms with Crippen LogP contribution < -0.4 is 10.7 Å². The van der Waals surface area contributed by atoms with Crippen LogP contribution in [0.5, 0.6) is 0 Å². The molecule has 7 heteroatoms. The van der Waals surface area contributed by atoms with Crippen LogP contribution in [0, 0.1) is 0 Å². The number of unbranched alkanes of at least 4 members (excludes halogenated alkanes) is 36. The predicted molar refractivity (Wildman–Crippen MR) is 421 cm³/mol. The van der Waals surface area contributed by atoms with Crippen LogP contribution in [0.1, 0.15) is 357 Å². The highest BCUT2D eigenvalue weighted by atomic mass is 16.3. The number of aliphatic imine (C=N–C) groups is 1. The van der Waals surface area contributed by atoms with Gasteiger partial charge >= 0.3 is 0 Å². The molecule has 1 unspecified atom stereocenters. The number of aromatic nitrogens is 3. The van der Waals surface area contributed by atoms with Gasteiger partial charge in [0.25, 0.3) is 5.91 Å². The van der Waals surface area contributed by atoms with E-state index in [4.69, 9.17) is 0 Å². The van der Waals surface area contributed by atoms with Crippen LogP contribution in [0.2, 0.25) is 0 Å². The first-order valence-electron chi connectivity index (χ1n) is 40.5. The minimum absolute atomic E-state index is 0.109. The molecule has 7 nitrogen and oxygen atoms in total. The van der Waals surface area contributed by atoms with E-state index in [2.05, 4.69) is 151 Å². The van der Waals surface area contributed by atoms with Gasteiger partial charge in [-0.2, -0.15) is 0 Å². The zero-order valence-corrected chi connectivity index (χ0v) is 62.2. The Kier molecular flexibility index (Phi) is 35.5. The van der Waals surface area contributed by atoms with E-state index in [1.54, 1.807) is 6.08 Å². The normalized spacial score (nSPS) is 13.5. The number of allylic oxidation sites excluding steroid dienone is 1. The second kappa shape index (κ2) is 45.1. The maximum atomic E-state index is 14.5. The van der Waals surface area contributed by atoms with E-state index in [1.807, 2.05) is 36.4 Å². The lowest BCUT2D eigenvalue weighted by atomic mass is 9.86. The average Bonchev–Trinajstić information content (AvgIpc) is 1.65.